The number of aromatic nitrogens is 1. The van der Waals surface area contributed by atoms with Crippen LogP contribution in [0.4, 0.5) is 5.82 Å². The number of nitrogens with two attached hydrogens (primary N) is 1. The molecule has 0 spiro atoms. The molecule has 2 aromatic rings. The number of likely N-dealkylation sites (tertiary alicyclic amines) is 1. The Bertz CT molecular complexity index is 939. The number of nitrogen functional groups attached to an aromatic ring is 1. The van der Waals surface area contributed by atoms with E-state index < -0.39 is 0 Å². The Morgan fingerprint density at radius 3 is 2.82 bits per heavy atom. The minimum absolute atomic E-state index is 0.0453. The zero-order chi connectivity index (χ0) is 19.7. The average molecular weight is 396 g/mol. The van der Waals surface area contributed by atoms with E-state index in [0.29, 0.717) is 30.9 Å². The van der Waals surface area contributed by atoms with Crippen LogP contribution in [-0.4, -0.2) is 40.3 Å². The summed E-state index contributed by atoms with van der Waals surface area (Å²) in [5, 5.41) is 11.9. The maximum Gasteiger partial charge on any atom is 0.219 e. The second-order valence-electron chi connectivity index (χ2n) is 7.63. The zero-order valence-corrected chi connectivity index (χ0v) is 17.0. The van der Waals surface area contributed by atoms with E-state index in [4.69, 9.17) is 5.73 Å². The molecule has 2 aliphatic rings. The van der Waals surface area contributed by atoms with Gasteiger partial charge in [-0.05, 0) is 42.9 Å². The summed E-state index contributed by atoms with van der Waals surface area (Å²) in [5.41, 5.74) is 10.6. The molecule has 2 aliphatic heterocycles. The number of carbonyl (C=O) groups is 1. The first-order valence-electron chi connectivity index (χ1n) is 9.83. The van der Waals surface area contributed by atoms with Gasteiger partial charge in [-0.3, -0.25) is 9.69 Å². The van der Waals surface area contributed by atoms with Gasteiger partial charge in [-0.2, -0.15) is 5.26 Å². The fraction of sp³-hybridized carbons (Fsp3) is 0.476. The monoisotopic (exact) mass is 395 g/mol. The second-order valence-corrected chi connectivity index (χ2v) is 8.54. The summed E-state index contributed by atoms with van der Waals surface area (Å²) in [5.74, 6) is 0.336. The van der Waals surface area contributed by atoms with E-state index in [1.807, 2.05) is 4.90 Å². The van der Waals surface area contributed by atoms with Gasteiger partial charge >= 0.3 is 0 Å². The van der Waals surface area contributed by atoms with Crippen LogP contribution in [0, 0.1) is 11.3 Å². The summed E-state index contributed by atoms with van der Waals surface area (Å²) in [7, 11) is 0. The van der Waals surface area contributed by atoms with Crippen molar-refractivity contribution in [3.63, 3.8) is 0 Å². The van der Waals surface area contributed by atoms with Gasteiger partial charge in [0.2, 0.25) is 5.91 Å². The lowest BCUT2D eigenvalue weighted by Gasteiger charge is -2.29. The predicted molar refractivity (Wildman–Crippen MR) is 111 cm³/mol. The molecule has 0 radical (unpaired) electrons. The van der Waals surface area contributed by atoms with Crippen LogP contribution in [0.3, 0.4) is 0 Å². The lowest BCUT2D eigenvalue weighted by atomic mass is 9.94. The first-order valence-corrected chi connectivity index (χ1v) is 10.7. The Morgan fingerprint density at radius 1 is 1.32 bits per heavy atom. The highest BCUT2D eigenvalue weighted by molar-refractivity contribution is 7.13. The number of rotatable bonds is 3. The minimum atomic E-state index is 0.0453. The maximum absolute atomic E-state index is 11.9. The number of piperidine rings is 1. The quantitative estimate of drug-likeness (QED) is 0.863. The number of hydrogen-bond acceptors (Lipinski definition) is 6. The lowest BCUT2D eigenvalue weighted by Crippen LogP contribution is -2.35. The van der Waals surface area contributed by atoms with Crippen LogP contribution in [0.25, 0.3) is 10.4 Å². The number of anilines is 1. The van der Waals surface area contributed by atoms with Gasteiger partial charge in [0.25, 0.3) is 0 Å². The van der Waals surface area contributed by atoms with E-state index in [2.05, 4.69) is 27.4 Å². The van der Waals surface area contributed by atoms with E-state index in [-0.39, 0.29) is 5.91 Å². The first kappa shape index (κ1) is 18.9. The zero-order valence-electron chi connectivity index (χ0n) is 16.2. The molecule has 0 saturated carbocycles. The van der Waals surface area contributed by atoms with E-state index in [9.17, 15) is 10.1 Å². The molecule has 6 nitrogen and oxygen atoms in total. The van der Waals surface area contributed by atoms with Crippen molar-refractivity contribution in [1.82, 2.24) is 14.8 Å². The largest absolute Gasteiger partial charge is 0.383 e. The smallest absolute Gasteiger partial charge is 0.219 e. The third-order valence-electron chi connectivity index (χ3n) is 5.69. The molecule has 2 N–H and O–H groups in total. The number of carbonyl (C=O) groups excluding carboxylic acids is 1. The van der Waals surface area contributed by atoms with Gasteiger partial charge < -0.3 is 10.6 Å². The number of nitrogens with zero attached hydrogens (tertiary/aromatic N) is 4. The Labute approximate surface area is 169 Å². The Balaban J connectivity index is 1.72. The van der Waals surface area contributed by atoms with Crippen molar-refractivity contribution >= 4 is 23.1 Å². The first-order chi connectivity index (χ1) is 13.6. The van der Waals surface area contributed by atoms with Gasteiger partial charge in [-0.25, -0.2) is 4.98 Å². The Kier molecular flexibility index (Phi) is 5.33. The number of thiophene rings is 1. The molecule has 1 fully saturated rings. The molecule has 0 unspecified atom stereocenters. The molecule has 0 atom stereocenters. The SMILES string of the molecule is CC(=O)N1CCc2nc(N)c(C#N)c(-c3cc(CN4CCCCC4)cs3)c2C1. The Morgan fingerprint density at radius 2 is 2.11 bits per heavy atom. The average Bonchev–Trinajstić information content (AvgIpc) is 3.15. The van der Waals surface area contributed by atoms with E-state index in [0.717, 1.165) is 41.3 Å². The van der Waals surface area contributed by atoms with Crippen LogP contribution < -0.4 is 5.73 Å². The number of nitriles is 1. The van der Waals surface area contributed by atoms with Crippen molar-refractivity contribution in [1.29, 1.82) is 5.26 Å². The van der Waals surface area contributed by atoms with Crippen molar-refractivity contribution in [2.45, 2.75) is 45.7 Å². The van der Waals surface area contributed by atoms with Crippen molar-refractivity contribution in [3.05, 3.63) is 33.8 Å². The van der Waals surface area contributed by atoms with Crippen molar-refractivity contribution in [2.24, 2.45) is 0 Å². The van der Waals surface area contributed by atoms with Crippen LogP contribution in [0.5, 0.6) is 0 Å². The molecule has 2 aromatic heterocycles. The maximum atomic E-state index is 11.9. The molecule has 0 aromatic carbocycles. The fourth-order valence-electron chi connectivity index (χ4n) is 4.20. The highest BCUT2D eigenvalue weighted by Crippen LogP contribution is 2.38. The van der Waals surface area contributed by atoms with Crippen LogP contribution >= 0.6 is 11.3 Å². The molecule has 0 aliphatic carbocycles. The second kappa shape index (κ2) is 7.90. The van der Waals surface area contributed by atoms with Gasteiger partial charge in [-0.1, -0.05) is 6.42 Å². The van der Waals surface area contributed by atoms with Gasteiger partial charge in [0.1, 0.15) is 17.5 Å². The summed E-state index contributed by atoms with van der Waals surface area (Å²) in [6.07, 6.45) is 4.53. The van der Waals surface area contributed by atoms with Crippen LogP contribution in [-0.2, 0) is 24.3 Å². The number of hydrogen-bond donors (Lipinski definition) is 1. The minimum Gasteiger partial charge on any atom is -0.383 e. The molecule has 0 bridgehead atoms. The fourth-order valence-corrected chi connectivity index (χ4v) is 5.18. The van der Waals surface area contributed by atoms with Gasteiger partial charge in [-0.15, -0.1) is 11.3 Å². The molecular weight excluding hydrogens is 370 g/mol. The van der Waals surface area contributed by atoms with E-state index in [1.54, 1.807) is 18.3 Å². The third kappa shape index (κ3) is 3.62. The predicted octanol–water partition coefficient (Wildman–Crippen LogP) is 3.15. The van der Waals surface area contributed by atoms with Crippen LogP contribution in [0.2, 0.25) is 0 Å². The van der Waals surface area contributed by atoms with Crippen LogP contribution in [0.15, 0.2) is 11.4 Å². The third-order valence-corrected chi connectivity index (χ3v) is 6.69. The molecule has 1 amide bonds. The molecule has 7 heteroatoms. The number of fused-ring (bicyclic) bond motifs is 1. The summed E-state index contributed by atoms with van der Waals surface area (Å²) in [6.45, 7) is 5.97. The van der Waals surface area contributed by atoms with Crippen molar-refractivity contribution in [2.75, 3.05) is 25.4 Å². The lowest BCUT2D eigenvalue weighted by molar-refractivity contribution is -0.129. The van der Waals surface area contributed by atoms with E-state index >= 15 is 0 Å². The van der Waals surface area contributed by atoms with Crippen molar-refractivity contribution in [3.8, 4) is 16.5 Å². The Hall–Kier alpha value is -2.43. The summed E-state index contributed by atoms with van der Waals surface area (Å²) in [6, 6.07) is 4.43. The summed E-state index contributed by atoms with van der Waals surface area (Å²) in [4.78, 5) is 21.7. The van der Waals surface area contributed by atoms with E-state index in [1.165, 1.54) is 24.8 Å². The standard InChI is InChI=1S/C21H25N5OS/c1-14(27)26-8-5-18-17(12-26)20(16(10-22)21(23)24-18)19-9-15(13-28-19)11-25-6-3-2-4-7-25/h9,13H,2-8,11-12H2,1H3,(H2,23,24). The van der Waals surface area contributed by atoms with Crippen molar-refractivity contribution < 1.29 is 4.79 Å². The number of pyridine rings is 1. The summed E-state index contributed by atoms with van der Waals surface area (Å²) < 4.78 is 0. The topological polar surface area (TPSA) is 86.2 Å². The van der Waals surface area contributed by atoms with Crippen LogP contribution in [0.1, 0.15) is 48.6 Å². The molecule has 28 heavy (non-hydrogen) atoms. The molecular formula is C21H25N5OS. The molecule has 146 valence electrons. The van der Waals surface area contributed by atoms with Gasteiger partial charge in [0.15, 0.2) is 0 Å². The number of amides is 1. The highest BCUT2D eigenvalue weighted by atomic mass is 32.1. The van der Waals surface area contributed by atoms with Gasteiger partial charge in [0.05, 0.1) is 5.69 Å². The molecule has 4 rings (SSSR count). The summed E-state index contributed by atoms with van der Waals surface area (Å²) >= 11 is 1.65. The molecule has 1 saturated heterocycles. The van der Waals surface area contributed by atoms with Gasteiger partial charge in [0, 0.05) is 49.0 Å². The normalized spacial score (nSPS) is 17.2. The molecule has 4 heterocycles. The highest BCUT2D eigenvalue weighted by Gasteiger charge is 2.27.